The first-order valence-electron chi connectivity index (χ1n) is 23.3. The molecule has 8 rings (SSSR count). The summed E-state index contributed by atoms with van der Waals surface area (Å²) in [5.74, 6) is 3.53. The van der Waals surface area contributed by atoms with Crippen molar-refractivity contribution >= 4 is 15.8 Å². The van der Waals surface area contributed by atoms with Crippen LogP contribution in [0.15, 0.2) is 53.8 Å². The zero-order chi connectivity index (χ0) is 42.2. The highest BCUT2D eigenvalue weighted by atomic mass is 32.2. The van der Waals surface area contributed by atoms with Crippen LogP contribution in [0.2, 0.25) is 0 Å². The molecule has 1 aliphatic heterocycles. The van der Waals surface area contributed by atoms with E-state index in [2.05, 4.69) is 75.5 Å². The molecule has 0 bridgehead atoms. The molecule has 6 aliphatic carbocycles. The van der Waals surface area contributed by atoms with Crippen molar-refractivity contribution in [1.29, 1.82) is 0 Å². The van der Waals surface area contributed by atoms with E-state index in [-0.39, 0.29) is 27.2 Å². The number of nitrogens with zero attached hydrogens (tertiary/aromatic N) is 2. The van der Waals surface area contributed by atoms with Crippen LogP contribution in [-0.2, 0) is 14.6 Å². The Balaban J connectivity index is 0.993. The molecule has 0 radical (unpaired) electrons. The van der Waals surface area contributed by atoms with Crippen LogP contribution in [-0.4, -0.2) is 79.2 Å². The lowest BCUT2D eigenvalue weighted by atomic mass is 9.33. The normalized spacial score (nSPS) is 41.3. The molecule has 326 valence electrons. The predicted molar refractivity (Wildman–Crippen MR) is 237 cm³/mol. The molecule has 59 heavy (non-hydrogen) atoms. The molecule has 0 aromatic carbocycles. The summed E-state index contributed by atoms with van der Waals surface area (Å²) in [4.78, 5) is 19.5. The quantitative estimate of drug-likeness (QED) is 0.213. The van der Waals surface area contributed by atoms with Gasteiger partial charge in [-0.2, -0.15) is 0 Å². The highest BCUT2D eigenvalue weighted by Gasteiger charge is 2.70. The Hall–Kier alpha value is -2.49. The number of ether oxygens (including phenoxy) is 1. The molecule has 8 nitrogen and oxygen atoms in total. The van der Waals surface area contributed by atoms with Crippen molar-refractivity contribution in [2.24, 2.45) is 56.7 Å². The second-order valence-electron chi connectivity index (χ2n) is 22.0. The van der Waals surface area contributed by atoms with E-state index in [1.54, 1.807) is 6.20 Å². The third-order valence-electron chi connectivity index (χ3n) is 19.2. The fourth-order valence-electron chi connectivity index (χ4n) is 15.7. The molecular formula is C50H75N3O5S. The van der Waals surface area contributed by atoms with Crippen molar-refractivity contribution in [3.8, 4) is 5.88 Å². The highest BCUT2D eigenvalue weighted by Crippen LogP contribution is 2.76. The number of hydrogen-bond acceptors (Lipinski definition) is 7. The van der Waals surface area contributed by atoms with E-state index in [0.29, 0.717) is 85.9 Å². The van der Waals surface area contributed by atoms with Gasteiger partial charge in [0.25, 0.3) is 0 Å². The summed E-state index contributed by atoms with van der Waals surface area (Å²) < 4.78 is 30.2. The Labute approximate surface area is 356 Å². The predicted octanol–water partition coefficient (Wildman–Crippen LogP) is 9.61. The lowest BCUT2D eigenvalue weighted by Crippen LogP contribution is -2.68. The van der Waals surface area contributed by atoms with Crippen molar-refractivity contribution in [1.82, 2.24) is 15.2 Å². The smallest absolute Gasteiger partial charge is 0.310 e. The number of fused-ring (bicyclic) bond motifs is 7. The molecule has 4 unspecified atom stereocenters. The minimum atomic E-state index is -2.87. The number of sulfone groups is 1. The monoisotopic (exact) mass is 830 g/mol. The number of carbonyl (C=O) groups is 1. The van der Waals surface area contributed by atoms with E-state index in [1.165, 1.54) is 68.1 Å². The van der Waals surface area contributed by atoms with Gasteiger partial charge < -0.3 is 20.1 Å². The Bertz CT molecular complexity index is 1980. The van der Waals surface area contributed by atoms with Gasteiger partial charge in [-0.15, -0.1) is 0 Å². The molecule has 0 spiro atoms. The van der Waals surface area contributed by atoms with Crippen molar-refractivity contribution in [2.75, 3.05) is 44.3 Å². The standard InChI is InChI=1S/C50H75N3O5S/c1-34(2)37-15-22-50(52-27-28-53-29-32-59(56,57)33-30-53)24-23-47(7)39(42(37)50)11-12-41-46(6)18-16-38(45(4,5)40(46)17-19-48(41,47)8)36-13-20-49(21-14-36,44(54)55)25-31-58-43-35(3)10-9-26-51-43/h9-10,13,16,26,37,39-42,52H,1,11-12,14-15,17-25,27-33H2,2-8H3,(H,54,55)/t37-,39+,40?,41?,42?,46-,47+,48+,49?,50-/m0/s1. The Morgan fingerprint density at radius 2 is 1.73 bits per heavy atom. The molecule has 7 aliphatic rings. The van der Waals surface area contributed by atoms with E-state index in [9.17, 15) is 18.3 Å². The first kappa shape index (κ1) is 43.2. The molecule has 9 heteroatoms. The Morgan fingerprint density at radius 3 is 2.41 bits per heavy atom. The van der Waals surface area contributed by atoms with Crippen LogP contribution in [0.1, 0.15) is 131 Å². The molecule has 1 aromatic heterocycles. The minimum absolute atomic E-state index is 0.0153. The summed E-state index contributed by atoms with van der Waals surface area (Å²) in [6.45, 7) is 25.5. The maximum absolute atomic E-state index is 12.8. The van der Waals surface area contributed by atoms with E-state index < -0.39 is 21.2 Å². The number of allylic oxidation sites excluding steroid dienone is 5. The third-order valence-corrected chi connectivity index (χ3v) is 20.8. The van der Waals surface area contributed by atoms with E-state index in [0.717, 1.165) is 31.5 Å². The van der Waals surface area contributed by atoms with Crippen molar-refractivity contribution in [2.45, 2.75) is 137 Å². The van der Waals surface area contributed by atoms with Gasteiger partial charge in [-0.3, -0.25) is 4.79 Å². The zero-order valence-corrected chi connectivity index (χ0v) is 38.3. The number of aliphatic carboxylic acids is 1. The van der Waals surface area contributed by atoms with Gasteiger partial charge in [-0.05, 0) is 166 Å². The third kappa shape index (κ3) is 7.11. The summed E-state index contributed by atoms with van der Waals surface area (Å²) in [6, 6.07) is 3.86. The molecule has 10 atom stereocenters. The van der Waals surface area contributed by atoms with Crippen LogP contribution in [0, 0.1) is 63.6 Å². The van der Waals surface area contributed by atoms with Crippen molar-refractivity contribution in [3.05, 3.63) is 59.3 Å². The molecule has 5 fully saturated rings. The van der Waals surface area contributed by atoms with Crippen LogP contribution in [0.5, 0.6) is 5.88 Å². The molecule has 1 saturated heterocycles. The van der Waals surface area contributed by atoms with Gasteiger partial charge in [0.1, 0.15) is 0 Å². The molecule has 2 N–H and O–H groups in total. The van der Waals surface area contributed by atoms with Crippen LogP contribution < -0.4 is 10.1 Å². The Morgan fingerprint density at radius 1 is 0.966 bits per heavy atom. The van der Waals surface area contributed by atoms with Crippen LogP contribution in [0.25, 0.3) is 0 Å². The van der Waals surface area contributed by atoms with Gasteiger partial charge in [0.05, 0.1) is 23.5 Å². The van der Waals surface area contributed by atoms with Crippen LogP contribution in [0.3, 0.4) is 0 Å². The number of hydrogen-bond donors (Lipinski definition) is 2. The first-order chi connectivity index (χ1) is 27.8. The maximum atomic E-state index is 12.8. The summed E-state index contributed by atoms with van der Waals surface area (Å²) >= 11 is 0. The number of aryl methyl sites for hydroxylation is 1. The van der Waals surface area contributed by atoms with E-state index in [4.69, 9.17) is 4.74 Å². The first-order valence-corrected chi connectivity index (χ1v) is 25.1. The van der Waals surface area contributed by atoms with Gasteiger partial charge in [0, 0.05) is 43.5 Å². The van der Waals surface area contributed by atoms with E-state index in [1.807, 2.05) is 19.1 Å². The summed E-state index contributed by atoms with van der Waals surface area (Å²) in [7, 11) is -2.87. The SMILES string of the molecule is C=C(C)[C@@H]1CC[C@]2(NCCN3CCS(=O)(=O)CC3)CC[C@]3(C)[C@H](CCC4[C@@]5(C)CC=C(C6=CCC(CCOc7ncccc7C)(C(=O)O)CC6)C(C)(C)C5CC[C@]43C)C12. The number of carboxylic acid groups (broad SMARTS) is 1. The van der Waals surface area contributed by atoms with E-state index >= 15 is 0 Å². The second-order valence-corrected chi connectivity index (χ2v) is 24.4. The molecule has 4 saturated carbocycles. The molecular weight excluding hydrogens is 755 g/mol. The molecule has 0 amide bonds. The van der Waals surface area contributed by atoms with Crippen LogP contribution >= 0.6 is 0 Å². The number of aromatic nitrogens is 1. The average molecular weight is 830 g/mol. The minimum Gasteiger partial charge on any atom is -0.481 e. The second kappa shape index (κ2) is 15.4. The number of carboxylic acids is 1. The van der Waals surface area contributed by atoms with Gasteiger partial charge >= 0.3 is 5.97 Å². The zero-order valence-electron chi connectivity index (χ0n) is 37.5. The maximum Gasteiger partial charge on any atom is 0.310 e. The largest absolute Gasteiger partial charge is 0.481 e. The lowest BCUT2D eigenvalue weighted by molar-refractivity contribution is -0.221. The van der Waals surface area contributed by atoms with Gasteiger partial charge in [-0.1, -0.05) is 65.0 Å². The average Bonchev–Trinajstić information content (AvgIpc) is 3.57. The molecule has 1 aromatic rings. The Kier molecular flexibility index (Phi) is 11.3. The summed E-state index contributed by atoms with van der Waals surface area (Å²) in [5, 5.41) is 14.8. The summed E-state index contributed by atoms with van der Waals surface area (Å²) in [5.41, 5.74) is 5.28. The van der Waals surface area contributed by atoms with Gasteiger partial charge in [-0.25, -0.2) is 13.4 Å². The topological polar surface area (TPSA) is 109 Å². The highest BCUT2D eigenvalue weighted by molar-refractivity contribution is 7.91. The number of pyridine rings is 1. The molecule has 2 heterocycles. The lowest BCUT2D eigenvalue weighted by Gasteiger charge is -2.72. The van der Waals surface area contributed by atoms with Crippen LogP contribution in [0.4, 0.5) is 0 Å². The number of rotatable bonds is 11. The summed E-state index contributed by atoms with van der Waals surface area (Å²) in [6.07, 6.45) is 20.3. The fraction of sp³-hybridized carbons (Fsp3) is 0.760. The van der Waals surface area contributed by atoms with Gasteiger partial charge in [0.15, 0.2) is 9.84 Å². The number of nitrogens with one attached hydrogen (secondary N) is 1. The van der Waals surface area contributed by atoms with Crippen molar-refractivity contribution in [3.63, 3.8) is 0 Å². The van der Waals surface area contributed by atoms with Crippen molar-refractivity contribution < 1.29 is 23.1 Å². The van der Waals surface area contributed by atoms with Gasteiger partial charge in [0.2, 0.25) is 5.88 Å². The fourth-order valence-corrected chi connectivity index (χ4v) is 17.0.